The molecule has 1 aromatic heterocycles. The van der Waals surface area contributed by atoms with Crippen molar-refractivity contribution in [2.24, 2.45) is 0 Å². The van der Waals surface area contributed by atoms with Crippen molar-refractivity contribution in [2.75, 3.05) is 18.8 Å². The lowest BCUT2D eigenvalue weighted by Gasteiger charge is -2.31. The van der Waals surface area contributed by atoms with Gasteiger partial charge in [0.1, 0.15) is 0 Å². The summed E-state index contributed by atoms with van der Waals surface area (Å²) in [7, 11) is 0. The molecule has 110 valence electrons. The zero-order valence-corrected chi connectivity index (χ0v) is 13.0. The number of halogens is 1. The van der Waals surface area contributed by atoms with Crippen LogP contribution in [-0.2, 0) is 0 Å². The Hall–Kier alpha value is -1.82. The Bertz CT molecular complexity index is 648. The molecule has 1 fully saturated rings. The number of piperidine rings is 1. The molecule has 1 amide bonds. The van der Waals surface area contributed by atoms with E-state index in [1.165, 1.54) is 0 Å². The van der Waals surface area contributed by atoms with Gasteiger partial charge in [0.25, 0.3) is 5.91 Å². The summed E-state index contributed by atoms with van der Waals surface area (Å²) in [5.41, 5.74) is 7.15. The number of carbonyl (C=O) groups is 1. The average molecular weight is 350 g/mol. The quantitative estimate of drug-likeness (QED) is 0.904. The lowest BCUT2D eigenvalue weighted by molar-refractivity contribution is 0.0710. The first-order valence-electron chi connectivity index (χ1n) is 6.91. The summed E-state index contributed by atoms with van der Waals surface area (Å²) in [5.74, 6) is 0.728. The van der Waals surface area contributed by atoms with E-state index < -0.39 is 0 Å². The van der Waals surface area contributed by atoms with Gasteiger partial charge < -0.3 is 15.2 Å². The van der Waals surface area contributed by atoms with E-state index in [1.54, 1.807) is 6.07 Å². The maximum absolute atomic E-state index is 12.5. The predicted octanol–water partition coefficient (Wildman–Crippen LogP) is 3.04. The fraction of sp³-hybridized carbons (Fsp3) is 0.333. The molecule has 3 rings (SSSR count). The Balaban J connectivity index is 1.66. The molecule has 0 atom stereocenters. The molecule has 0 unspecified atom stereocenters. The van der Waals surface area contributed by atoms with Gasteiger partial charge in [-0.2, -0.15) is 0 Å². The Kier molecular flexibility index (Phi) is 3.96. The van der Waals surface area contributed by atoms with Crippen molar-refractivity contribution >= 4 is 27.7 Å². The zero-order chi connectivity index (χ0) is 14.8. The largest absolute Gasteiger partial charge is 0.368 e. The normalized spacial score (nSPS) is 16.1. The van der Waals surface area contributed by atoms with Crippen LogP contribution in [0.4, 0.5) is 5.88 Å². The second-order valence-corrected chi connectivity index (χ2v) is 6.05. The second-order valence-electron chi connectivity index (χ2n) is 5.20. The van der Waals surface area contributed by atoms with E-state index in [0.717, 1.165) is 36.1 Å². The molecule has 0 bridgehead atoms. The number of nitrogens with two attached hydrogens (primary N) is 1. The van der Waals surface area contributed by atoms with Gasteiger partial charge in [-0.25, -0.2) is 0 Å². The van der Waals surface area contributed by atoms with Gasteiger partial charge in [0.15, 0.2) is 0 Å². The minimum Gasteiger partial charge on any atom is -0.368 e. The van der Waals surface area contributed by atoms with Gasteiger partial charge in [-0.1, -0.05) is 17.3 Å². The maximum Gasteiger partial charge on any atom is 0.254 e. The molecule has 0 aliphatic carbocycles. The Morgan fingerprint density at radius 2 is 2.05 bits per heavy atom. The summed E-state index contributed by atoms with van der Waals surface area (Å²) in [6.45, 7) is 1.44. The third-order valence-electron chi connectivity index (χ3n) is 3.85. The van der Waals surface area contributed by atoms with Crippen LogP contribution in [0, 0.1) is 0 Å². The molecule has 2 N–H and O–H groups in total. The lowest BCUT2D eigenvalue weighted by atomic mass is 9.93. The number of anilines is 1. The monoisotopic (exact) mass is 349 g/mol. The van der Waals surface area contributed by atoms with Crippen LogP contribution in [0.2, 0.25) is 0 Å². The fourth-order valence-electron chi connectivity index (χ4n) is 2.68. The molecule has 1 aromatic carbocycles. The molecule has 6 heteroatoms. The maximum atomic E-state index is 12.5. The number of nitrogens with zero attached hydrogens (tertiary/aromatic N) is 2. The van der Waals surface area contributed by atoms with Crippen LogP contribution < -0.4 is 5.73 Å². The van der Waals surface area contributed by atoms with Crippen LogP contribution in [0.1, 0.15) is 34.8 Å². The number of carbonyl (C=O) groups excluding carboxylic acids is 1. The zero-order valence-electron chi connectivity index (χ0n) is 11.5. The molecule has 1 saturated heterocycles. The fourth-order valence-corrected chi connectivity index (χ4v) is 3.13. The molecular formula is C15H16BrN3O2. The van der Waals surface area contributed by atoms with Gasteiger partial charge >= 0.3 is 0 Å². The molecule has 0 spiro atoms. The van der Waals surface area contributed by atoms with Crippen LogP contribution in [0.25, 0.3) is 0 Å². The molecule has 2 heterocycles. The number of likely N-dealkylation sites (tertiary alicyclic amines) is 1. The van der Waals surface area contributed by atoms with Crippen molar-refractivity contribution in [1.29, 1.82) is 0 Å². The molecular weight excluding hydrogens is 334 g/mol. The first-order valence-corrected chi connectivity index (χ1v) is 7.70. The number of rotatable bonds is 2. The van der Waals surface area contributed by atoms with Gasteiger partial charge in [-0.15, -0.1) is 0 Å². The highest BCUT2D eigenvalue weighted by Crippen LogP contribution is 2.29. The van der Waals surface area contributed by atoms with Gasteiger partial charge in [0.05, 0.1) is 11.3 Å². The van der Waals surface area contributed by atoms with Crippen molar-refractivity contribution in [3.63, 3.8) is 0 Å². The predicted molar refractivity (Wildman–Crippen MR) is 82.9 cm³/mol. The van der Waals surface area contributed by atoms with Crippen molar-refractivity contribution in [3.05, 3.63) is 46.1 Å². The van der Waals surface area contributed by atoms with Gasteiger partial charge in [0, 0.05) is 29.5 Å². The van der Waals surface area contributed by atoms with Crippen molar-refractivity contribution in [2.45, 2.75) is 18.8 Å². The second kappa shape index (κ2) is 5.89. The van der Waals surface area contributed by atoms with Crippen molar-refractivity contribution in [3.8, 4) is 0 Å². The summed E-state index contributed by atoms with van der Waals surface area (Å²) in [6.07, 6.45) is 1.75. The van der Waals surface area contributed by atoms with Gasteiger partial charge in [0.2, 0.25) is 5.88 Å². The van der Waals surface area contributed by atoms with Crippen LogP contribution >= 0.6 is 15.9 Å². The van der Waals surface area contributed by atoms with Crippen molar-refractivity contribution < 1.29 is 9.32 Å². The summed E-state index contributed by atoms with van der Waals surface area (Å²) < 4.78 is 5.75. The summed E-state index contributed by atoms with van der Waals surface area (Å²) in [4.78, 5) is 14.4. The third-order valence-corrected chi connectivity index (χ3v) is 4.54. The topological polar surface area (TPSA) is 72.4 Å². The summed E-state index contributed by atoms with van der Waals surface area (Å²) in [5, 5.41) is 3.97. The Morgan fingerprint density at radius 3 is 2.67 bits per heavy atom. The summed E-state index contributed by atoms with van der Waals surface area (Å²) in [6, 6.07) is 9.29. The van der Waals surface area contributed by atoms with E-state index in [-0.39, 0.29) is 5.91 Å². The molecule has 1 aliphatic rings. The summed E-state index contributed by atoms with van der Waals surface area (Å²) >= 11 is 3.43. The number of benzene rings is 1. The number of amides is 1. The van der Waals surface area contributed by atoms with E-state index in [9.17, 15) is 4.79 Å². The smallest absolute Gasteiger partial charge is 0.254 e. The van der Waals surface area contributed by atoms with Crippen molar-refractivity contribution in [1.82, 2.24) is 10.1 Å². The van der Waals surface area contributed by atoms with E-state index in [2.05, 4.69) is 21.1 Å². The van der Waals surface area contributed by atoms with Gasteiger partial charge in [-0.3, -0.25) is 4.79 Å². The average Bonchev–Trinajstić information content (AvgIpc) is 2.94. The van der Waals surface area contributed by atoms with E-state index >= 15 is 0 Å². The molecule has 21 heavy (non-hydrogen) atoms. The molecule has 0 saturated carbocycles. The minimum atomic E-state index is 0.0700. The highest BCUT2D eigenvalue weighted by molar-refractivity contribution is 9.10. The first kappa shape index (κ1) is 14.1. The molecule has 1 aliphatic heterocycles. The van der Waals surface area contributed by atoms with E-state index in [0.29, 0.717) is 17.4 Å². The standard InChI is InChI=1S/C15H16BrN3O2/c16-12-4-2-1-3-11(12)15(20)19-7-5-10(6-8-19)13-9-14(17)21-18-13/h1-4,9-10H,5-8,17H2. The number of hydrogen-bond donors (Lipinski definition) is 1. The van der Waals surface area contributed by atoms with Crippen LogP contribution in [-0.4, -0.2) is 29.1 Å². The minimum absolute atomic E-state index is 0.0700. The molecule has 5 nitrogen and oxygen atoms in total. The van der Waals surface area contributed by atoms with E-state index in [1.807, 2.05) is 29.2 Å². The molecule has 0 radical (unpaired) electrons. The lowest BCUT2D eigenvalue weighted by Crippen LogP contribution is -2.38. The number of nitrogen functional groups attached to an aromatic ring is 1. The highest BCUT2D eigenvalue weighted by atomic mass is 79.9. The van der Waals surface area contributed by atoms with Crippen LogP contribution in [0.5, 0.6) is 0 Å². The first-order chi connectivity index (χ1) is 10.1. The highest BCUT2D eigenvalue weighted by Gasteiger charge is 2.27. The Morgan fingerprint density at radius 1 is 1.33 bits per heavy atom. The Labute approximate surface area is 131 Å². The van der Waals surface area contributed by atoms with Gasteiger partial charge in [-0.05, 0) is 40.9 Å². The van der Waals surface area contributed by atoms with Crippen LogP contribution in [0.15, 0.2) is 39.3 Å². The third kappa shape index (κ3) is 2.95. The molecule has 2 aromatic rings. The van der Waals surface area contributed by atoms with E-state index in [4.69, 9.17) is 10.3 Å². The SMILES string of the molecule is Nc1cc(C2CCN(C(=O)c3ccccc3Br)CC2)no1. The van der Waals surface area contributed by atoms with Crippen LogP contribution in [0.3, 0.4) is 0 Å². The number of hydrogen-bond acceptors (Lipinski definition) is 4. The number of aromatic nitrogens is 1.